The molecule has 0 amide bonds. The van der Waals surface area contributed by atoms with Crippen LogP contribution in [0.2, 0.25) is 0 Å². The van der Waals surface area contributed by atoms with Gasteiger partial charge in [-0.1, -0.05) is 5.16 Å². The zero-order valence-electron chi connectivity index (χ0n) is 6.32. The van der Waals surface area contributed by atoms with Crippen LogP contribution >= 0.6 is 0 Å². The van der Waals surface area contributed by atoms with Crippen LogP contribution in [0.15, 0.2) is 22.9 Å². The fourth-order valence-corrected chi connectivity index (χ4v) is 1.06. The van der Waals surface area contributed by atoms with Gasteiger partial charge in [0.05, 0.1) is 11.8 Å². The van der Waals surface area contributed by atoms with Gasteiger partial charge in [0.15, 0.2) is 5.58 Å². The van der Waals surface area contributed by atoms with Crippen molar-refractivity contribution in [1.82, 2.24) is 5.16 Å². The van der Waals surface area contributed by atoms with Crippen molar-refractivity contribution in [2.45, 2.75) is 0 Å². The van der Waals surface area contributed by atoms with Crippen molar-refractivity contribution in [3.8, 4) is 0 Å². The van der Waals surface area contributed by atoms with Crippen molar-refractivity contribution in [1.29, 1.82) is 0 Å². The lowest BCUT2D eigenvalue weighted by Gasteiger charge is -1.95. The van der Waals surface area contributed by atoms with Crippen molar-refractivity contribution in [2.24, 2.45) is 0 Å². The molecule has 66 valence electrons. The molecule has 0 saturated heterocycles. The summed E-state index contributed by atoms with van der Waals surface area (Å²) in [6, 6.07) is 2.19. The first-order valence-corrected chi connectivity index (χ1v) is 3.45. The highest BCUT2D eigenvalue weighted by Crippen LogP contribution is 2.18. The van der Waals surface area contributed by atoms with Crippen LogP contribution in [0.25, 0.3) is 11.0 Å². The van der Waals surface area contributed by atoms with Gasteiger partial charge in [-0.25, -0.2) is 9.18 Å². The monoisotopic (exact) mass is 181 g/mol. The normalized spacial score (nSPS) is 10.5. The number of rotatable bonds is 1. The molecule has 1 aromatic carbocycles. The maximum atomic E-state index is 13.0. The minimum Gasteiger partial charge on any atom is -0.478 e. The first kappa shape index (κ1) is 7.72. The van der Waals surface area contributed by atoms with Gasteiger partial charge in [0.1, 0.15) is 5.82 Å². The van der Waals surface area contributed by atoms with Crippen LogP contribution in [0.5, 0.6) is 0 Å². The van der Waals surface area contributed by atoms with E-state index in [1.54, 1.807) is 0 Å². The smallest absolute Gasteiger partial charge is 0.338 e. The molecule has 0 fully saturated rings. The molecule has 0 saturated carbocycles. The quantitative estimate of drug-likeness (QED) is 0.726. The number of aromatic nitrogens is 1. The zero-order chi connectivity index (χ0) is 9.42. The second kappa shape index (κ2) is 2.55. The first-order chi connectivity index (χ1) is 6.18. The molecule has 0 aliphatic heterocycles. The Morgan fingerprint density at radius 1 is 1.54 bits per heavy atom. The molecule has 1 heterocycles. The lowest BCUT2D eigenvalue weighted by molar-refractivity contribution is 0.0692. The summed E-state index contributed by atoms with van der Waals surface area (Å²) in [6.45, 7) is 0. The lowest BCUT2D eigenvalue weighted by Crippen LogP contribution is -1.99. The minimum atomic E-state index is -1.31. The van der Waals surface area contributed by atoms with E-state index in [1.807, 2.05) is 0 Å². The van der Waals surface area contributed by atoms with Crippen LogP contribution in [-0.4, -0.2) is 16.2 Å². The Kier molecular flexibility index (Phi) is 1.51. The van der Waals surface area contributed by atoms with E-state index in [2.05, 4.69) is 9.68 Å². The highest BCUT2D eigenvalue weighted by molar-refractivity contribution is 5.92. The Balaban J connectivity index is 2.76. The Morgan fingerprint density at radius 2 is 2.31 bits per heavy atom. The molecule has 4 nitrogen and oxygen atoms in total. The zero-order valence-corrected chi connectivity index (χ0v) is 6.32. The van der Waals surface area contributed by atoms with Crippen molar-refractivity contribution in [3.63, 3.8) is 0 Å². The topological polar surface area (TPSA) is 63.3 Å². The van der Waals surface area contributed by atoms with Gasteiger partial charge in [0, 0.05) is 11.5 Å². The van der Waals surface area contributed by atoms with Gasteiger partial charge in [0.25, 0.3) is 0 Å². The van der Waals surface area contributed by atoms with Crippen LogP contribution in [0.1, 0.15) is 10.4 Å². The van der Waals surface area contributed by atoms with Gasteiger partial charge < -0.3 is 9.63 Å². The molecular weight excluding hydrogens is 177 g/mol. The number of hydrogen-bond acceptors (Lipinski definition) is 3. The van der Waals surface area contributed by atoms with E-state index in [0.29, 0.717) is 5.39 Å². The first-order valence-electron chi connectivity index (χ1n) is 3.45. The fourth-order valence-electron chi connectivity index (χ4n) is 1.06. The Bertz CT molecular complexity index is 477. The summed E-state index contributed by atoms with van der Waals surface area (Å²) in [5, 5.41) is 12.5. The number of carbonyl (C=O) groups is 1. The third kappa shape index (κ3) is 1.14. The summed E-state index contributed by atoms with van der Waals surface area (Å²) < 4.78 is 17.6. The molecule has 5 heteroatoms. The summed E-state index contributed by atoms with van der Waals surface area (Å²) in [4.78, 5) is 10.5. The average molecular weight is 181 g/mol. The van der Waals surface area contributed by atoms with Crippen LogP contribution in [0.3, 0.4) is 0 Å². The van der Waals surface area contributed by atoms with Gasteiger partial charge in [-0.05, 0) is 6.07 Å². The predicted octanol–water partition coefficient (Wildman–Crippen LogP) is 1.67. The van der Waals surface area contributed by atoms with Gasteiger partial charge in [0.2, 0.25) is 0 Å². The van der Waals surface area contributed by atoms with E-state index in [-0.39, 0.29) is 11.1 Å². The van der Waals surface area contributed by atoms with Crippen molar-refractivity contribution in [3.05, 3.63) is 29.7 Å². The number of benzene rings is 1. The van der Waals surface area contributed by atoms with E-state index in [0.717, 1.165) is 6.07 Å². The summed E-state index contributed by atoms with van der Waals surface area (Å²) in [6.07, 6.45) is 1.33. The molecule has 13 heavy (non-hydrogen) atoms. The number of hydrogen-bond donors (Lipinski definition) is 1. The standard InChI is InChI=1S/C8H4FNO3/c9-6-2-7-4(3-10-13-7)1-5(6)8(11)12/h1-3H,(H,11,12). The SMILES string of the molecule is O=C(O)c1cc2cnoc2cc1F. The molecule has 0 spiro atoms. The van der Waals surface area contributed by atoms with Crippen LogP contribution in [0.4, 0.5) is 4.39 Å². The Morgan fingerprint density at radius 3 is 3.00 bits per heavy atom. The van der Waals surface area contributed by atoms with Crippen molar-refractivity contribution < 1.29 is 18.8 Å². The summed E-state index contributed by atoms with van der Waals surface area (Å²) in [5.41, 5.74) is -0.141. The molecule has 0 aliphatic rings. The predicted molar refractivity (Wildman–Crippen MR) is 40.9 cm³/mol. The van der Waals surface area contributed by atoms with E-state index < -0.39 is 11.8 Å². The number of carboxylic acid groups (broad SMARTS) is 1. The number of aromatic carboxylic acids is 1. The fraction of sp³-hybridized carbons (Fsp3) is 0. The van der Waals surface area contributed by atoms with E-state index in [1.165, 1.54) is 12.3 Å². The highest BCUT2D eigenvalue weighted by atomic mass is 19.1. The number of nitrogens with zero attached hydrogens (tertiary/aromatic N) is 1. The number of fused-ring (bicyclic) bond motifs is 1. The third-order valence-electron chi connectivity index (χ3n) is 1.67. The van der Waals surface area contributed by atoms with E-state index in [9.17, 15) is 9.18 Å². The number of halogens is 1. The molecule has 2 aromatic rings. The second-order valence-electron chi connectivity index (χ2n) is 2.50. The van der Waals surface area contributed by atoms with Crippen molar-refractivity contribution >= 4 is 16.9 Å². The maximum absolute atomic E-state index is 13.0. The highest BCUT2D eigenvalue weighted by Gasteiger charge is 2.12. The molecule has 0 bridgehead atoms. The Labute approximate surface area is 71.6 Å². The van der Waals surface area contributed by atoms with Gasteiger partial charge in [-0.15, -0.1) is 0 Å². The van der Waals surface area contributed by atoms with E-state index in [4.69, 9.17) is 5.11 Å². The van der Waals surface area contributed by atoms with Gasteiger partial charge in [-0.3, -0.25) is 0 Å². The van der Waals surface area contributed by atoms with Crippen LogP contribution in [-0.2, 0) is 0 Å². The molecule has 1 aromatic heterocycles. The summed E-state index contributed by atoms with van der Waals surface area (Å²) in [7, 11) is 0. The van der Waals surface area contributed by atoms with Gasteiger partial charge >= 0.3 is 5.97 Å². The van der Waals surface area contributed by atoms with Gasteiger partial charge in [-0.2, -0.15) is 0 Å². The molecule has 0 atom stereocenters. The summed E-state index contributed by atoms with van der Waals surface area (Å²) >= 11 is 0. The molecule has 2 rings (SSSR count). The second-order valence-corrected chi connectivity index (χ2v) is 2.50. The third-order valence-corrected chi connectivity index (χ3v) is 1.67. The van der Waals surface area contributed by atoms with Crippen molar-refractivity contribution in [2.75, 3.05) is 0 Å². The summed E-state index contributed by atoms with van der Waals surface area (Å²) in [5.74, 6) is -2.13. The van der Waals surface area contributed by atoms with Crippen LogP contribution < -0.4 is 0 Å². The molecule has 0 radical (unpaired) electrons. The minimum absolute atomic E-state index is 0.238. The molecular formula is C8H4FNO3. The molecule has 1 N–H and O–H groups in total. The van der Waals surface area contributed by atoms with E-state index >= 15 is 0 Å². The Hall–Kier alpha value is -1.91. The largest absolute Gasteiger partial charge is 0.478 e. The lowest BCUT2D eigenvalue weighted by atomic mass is 10.1. The molecule has 0 aliphatic carbocycles. The number of carboxylic acids is 1. The maximum Gasteiger partial charge on any atom is 0.338 e. The molecule has 0 unspecified atom stereocenters. The average Bonchev–Trinajstić information content (AvgIpc) is 2.48. The van der Waals surface area contributed by atoms with Crippen LogP contribution in [0, 0.1) is 5.82 Å².